The molecule has 2 bridgehead atoms. The molecule has 0 spiro atoms. The van der Waals surface area contributed by atoms with Crippen LogP contribution in [0.15, 0.2) is 29.0 Å². The molecule has 1 saturated carbocycles. The SMILES string of the molecule is C1=C[C@H]2C[C@@H]1C[C@@H]2COCc1cc(-c2scc3c2OCCO3)sc1-c1scc2c1OCCO2. The summed E-state index contributed by atoms with van der Waals surface area (Å²) in [4.78, 5) is 4.64. The number of ether oxygens (including phenoxy) is 5. The van der Waals surface area contributed by atoms with Gasteiger partial charge in [0.15, 0.2) is 23.0 Å². The maximum atomic E-state index is 6.34. The number of fused-ring (bicyclic) bond motifs is 4. The average Bonchev–Trinajstić information content (AvgIpc) is 3.66. The lowest BCUT2D eigenvalue weighted by molar-refractivity contribution is 0.0793. The van der Waals surface area contributed by atoms with Crippen molar-refractivity contribution in [3.05, 3.63) is 34.5 Å². The van der Waals surface area contributed by atoms with Gasteiger partial charge in [0.05, 0.1) is 27.8 Å². The van der Waals surface area contributed by atoms with Crippen LogP contribution in [0.1, 0.15) is 18.4 Å². The number of hydrogen-bond donors (Lipinski definition) is 0. The van der Waals surface area contributed by atoms with Crippen LogP contribution in [0.3, 0.4) is 0 Å². The van der Waals surface area contributed by atoms with Gasteiger partial charge in [0, 0.05) is 15.6 Å². The lowest BCUT2D eigenvalue weighted by Crippen LogP contribution is -2.14. The van der Waals surface area contributed by atoms with Crippen LogP contribution < -0.4 is 18.9 Å². The van der Waals surface area contributed by atoms with Gasteiger partial charge in [-0.05, 0) is 42.2 Å². The van der Waals surface area contributed by atoms with Gasteiger partial charge in [-0.2, -0.15) is 0 Å². The molecule has 5 heterocycles. The molecule has 2 aliphatic heterocycles. The summed E-state index contributed by atoms with van der Waals surface area (Å²) in [5, 5.41) is 4.10. The van der Waals surface area contributed by atoms with E-state index in [9.17, 15) is 0 Å². The summed E-state index contributed by atoms with van der Waals surface area (Å²) >= 11 is 5.14. The summed E-state index contributed by atoms with van der Waals surface area (Å²) in [7, 11) is 0. The maximum absolute atomic E-state index is 6.34. The number of thiophene rings is 3. The van der Waals surface area contributed by atoms with Crippen LogP contribution in [0.4, 0.5) is 0 Å². The Bertz CT molecular complexity index is 1200. The first-order chi connectivity index (χ1) is 16.3. The van der Waals surface area contributed by atoms with E-state index in [-0.39, 0.29) is 0 Å². The zero-order valence-electron chi connectivity index (χ0n) is 18.0. The Morgan fingerprint density at radius 3 is 2.27 bits per heavy atom. The summed E-state index contributed by atoms with van der Waals surface area (Å²) in [6, 6.07) is 2.26. The molecule has 0 aromatic carbocycles. The highest BCUT2D eigenvalue weighted by Gasteiger charge is 2.35. The number of allylic oxidation sites excluding steroid dienone is 2. The summed E-state index contributed by atoms with van der Waals surface area (Å²) in [5.74, 6) is 5.57. The minimum Gasteiger partial charge on any atom is -0.485 e. The van der Waals surface area contributed by atoms with Gasteiger partial charge in [-0.3, -0.25) is 0 Å². The normalized spacial score (nSPS) is 24.5. The summed E-state index contributed by atoms with van der Waals surface area (Å²) in [5.41, 5.74) is 1.20. The lowest BCUT2D eigenvalue weighted by Gasteiger charge is -2.18. The van der Waals surface area contributed by atoms with Gasteiger partial charge >= 0.3 is 0 Å². The van der Waals surface area contributed by atoms with Crippen molar-refractivity contribution in [1.29, 1.82) is 0 Å². The van der Waals surface area contributed by atoms with E-state index in [4.69, 9.17) is 23.7 Å². The van der Waals surface area contributed by atoms with Crippen LogP contribution in [0.25, 0.3) is 19.5 Å². The van der Waals surface area contributed by atoms with Gasteiger partial charge < -0.3 is 23.7 Å². The van der Waals surface area contributed by atoms with Crippen molar-refractivity contribution >= 4 is 34.0 Å². The highest BCUT2D eigenvalue weighted by Crippen LogP contribution is 2.54. The zero-order chi connectivity index (χ0) is 21.8. The van der Waals surface area contributed by atoms with E-state index in [0.29, 0.717) is 44.9 Å². The van der Waals surface area contributed by atoms with Crippen molar-refractivity contribution in [3.8, 4) is 42.5 Å². The molecule has 5 nitrogen and oxygen atoms in total. The summed E-state index contributed by atoms with van der Waals surface area (Å²) < 4.78 is 29.9. The van der Waals surface area contributed by atoms with Crippen LogP contribution >= 0.6 is 34.0 Å². The van der Waals surface area contributed by atoms with Crippen molar-refractivity contribution in [2.75, 3.05) is 33.0 Å². The Morgan fingerprint density at radius 2 is 1.55 bits per heavy atom. The first-order valence-corrected chi connectivity index (χ1v) is 14.0. The van der Waals surface area contributed by atoms with Crippen LogP contribution in [0.2, 0.25) is 0 Å². The van der Waals surface area contributed by atoms with Crippen molar-refractivity contribution in [1.82, 2.24) is 0 Å². The van der Waals surface area contributed by atoms with Gasteiger partial charge in [-0.1, -0.05) is 12.2 Å². The van der Waals surface area contributed by atoms with E-state index in [2.05, 4.69) is 23.6 Å². The zero-order valence-corrected chi connectivity index (χ0v) is 20.5. The van der Waals surface area contributed by atoms with Gasteiger partial charge in [-0.15, -0.1) is 34.0 Å². The second-order valence-electron chi connectivity index (χ2n) is 8.93. The fraction of sp³-hybridized carbons (Fsp3) is 0.440. The number of hydrogen-bond acceptors (Lipinski definition) is 8. The third-order valence-electron chi connectivity index (χ3n) is 6.85. The van der Waals surface area contributed by atoms with Crippen molar-refractivity contribution in [3.63, 3.8) is 0 Å². The first-order valence-electron chi connectivity index (χ1n) is 11.5. The Balaban J connectivity index is 1.20. The van der Waals surface area contributed by atoms with E-state index >= 15 is 0 Å². The van der Waals surface area contributed by atoms with E-state index < -0.39 is 0 Å². The second kappa shape index (κ2) is 8.34. The predicted octanol–water partition coefficient (Wildman–Crippen LogP) is 6.48. The second-order valence-corrected chi connectivity index (χ2v) is 11.7. The molecule has 3 aromatic rings. The maximum Gasteiger partial charge on any atom is 0.180 e. The largest absolute Gasteiger partial charge is 0.485 e. The minimum absolute atomic E-state index is 0.585. The molecule has 0 amide bonds. The molecular weight excluding hydrogens is 476 g/mol. The molecule has 2 aliphatic carbocycles. The monoisotopic (exact) mass is 500 g/mol. The molecule has 0 unspecified atom stereocenters. The molecule has 4 aliphatic rings. The molecule has 3 aromatic heterocycles. The van der Waals surface area contributed by atoms with Crippen LogP contribution in [0.5, 0.6) is 23.0 Å². The highest BCUT2D eigenvalue weighted by atomic mass is 32.1. The molecule has 1 fully saturated rings. The van der Waals surface area contributed by atoms with Crippen molar-refractivity contribution < 1.29 is 23.7 Å². The van der Waals surface area contributed by atoms with E-state index in [1.165, 1.54) is 28.2 Å². The molecule has 7 rings (SSSR count). The molecule has 3 atom stereocenters. The third kappa shape index (κ3) is 3.58. The average molecular weight is 501 g/mol. The van der Waals surface area contributed by atoms with Crippen molar-refractivity contribution in [2.45, 2.75) is 19.4 Å². The molecular formula is C25H24O5S3. The van der Waals surface area contributed by atoms with Crippen LogP contribution in [-0.2, 0) is 11.3 Å². The molecule has 0 N–H and O–H groups in total. The van der Waals surface area contributed by atoms with Gasteiger partial charge in [0.25, 0.3) is 0 Å². The minimum atomic E-state index is 0.585. The standard InChI is InChI=1S/C25H24O5S3/c1-2-15-7-14(1)8-16(15)10-26-11-17-9-20(24-21-18(12-31-24)27-3-5-29-21)33-23(17)25-22-19(13-32-25)28-4-6-30-22/h1-2,9,12-16H,3-8,10-11H2/t14-,15+,16-/m1/s1. The summed E-state index contributed by atoms with van der Waals surface area (Å²) in [6.07, 6.45) is 7.37. The topological polar surface area (TPSA) is 46.2 Å². The third-order valence-corrected chi connectivity index (χ3v) is 10.2. The van der Waals surface area contributed by atoms with Crippen molar-refractivity contribution in [2.24, 2.45) is 17.8 Å². The Labute approximate surface area is 204 Å². The van der Waals surface area contributed by atoms with Gasteiger partial charge in [0.2, 0.25) is 0 Å². The molecule has 33 heavy (non-hydrogen) atoms. The predicted molar refractivity (Wildman–Crippen MR) is 131 cm³/mol. The molecule has 0 radical (unpaired) electrons. The Kier molecular flexibility index (Phi) is 5.15. The summed E-state index contributed by atoms with van der Waals surface area (Å²) in [6.45, 7) is 3.81. The Morgan fingerprint density at radius 1 is 0.818 bits per heavy atom. The lowest BCUT2D eigenvalue weighted by atomic mass is 9.95. The van der Waals surface area contributed by atoms with Crippen LogP contribution in [-0.4, -0.2) is 33.0 Å². The molecule has 8 heteroatoms. The van der Waals surface area contributed by atoms with Gasteiger partial charge in [0.1, 0.15) is 26.4 Å². The van der Waals surface area contributed by atoms with E-state index in [1.807, 2.05) is 5.38 Å². The van der Waals surface area contributed by atoms with E-state index in [1.54, 1.807) is 34.0 Å². The highest BCUT2D eigenvalue weighted by molar-refractivity contribution is 7.26. The quantitative estimate of drug-likeness (QED) is 0.363. The fourth-order valence-corrected chi connectivity index (χ4v) is 8.62. The Hall–Kier alpha value is -2.00. The first kappa shape index (κ1) is 20.4. The fourth-order valence-electron chi connectivity index (χ4n) is 5.30. The van der Waals surface area contributed by atoms with E-state index in [0.717, 1.165) is 45.3 Å². The van der Waals surface area contributed by atoms with Gasteiger partial charge in [-0.25, -0.2) is 0 Å². The molecule has 0 saturated heterocycles. The van der Waals surface area contributed by atoms with Crippen LogP contribution in [0, 0.1) is 17.8 Å². The smallest absolute Gasteiger partial charge is 0.180 e. The molecule has 172 valence electrons. The number of rotatable bonds is 6.